The topological polar surface area (TPSA) is 313 Å². The Morgan fingerprint density at radius 2 is 1.08 bits per heavy atom. The van der Waals surface area contributed by atoms with E-state index in [0.29, 0.717) is 16.2 Å². The van der Waals surface area contributed by atoms with E-state index in [1.165, 1.54) is 39.8 Å². The maximum atomic E-state index is 10.8. The van der Waals surface area contributed by atoms with Crippen LogP contribution >= 0.6 is 0 Å². The number of aromatic nitrogens is 2. The van der Waals surface area contributed by atoms with Crippen LogP contribution in [0.3, 0.4) is 0 Å². The summed E-state index contributed by atoms with van der Waals surface area (Å²) >= 11 is 0. The summed E-state index contributed by atoms with van der Waals surface area (Å²) in [5, 5.41) is 61.2. The largest absolute Gasteiger partial charge is 2.00 e. The van der Waals surface area contributed by atoms with Crippen molar-refractivity contribution in [3.8, 4) is 11.5 Å². The Kier molecular flexibility index (Phi) is 32.7. The Hall–Kier alpha value is -4.01. The number of rotatable bonds is 9. The summed E-state index contributed by atoms with van der Waals surface area (Å²) in [6, 6.07) is -1.23. The van der Waals surface area contributed by atoms with E-state index in [4.69, 9.17) is 53.2 Å². The third-order valence-corrected chi connectivity index (χ3v) is 5.27. The smallest absolute Gasteiger partial charge is 0.777 e. The molecule has 1 aliphatic carbocycles. The van der Waals surface area contributed by atoms with Crippen molar-refractivity contribution in [2.45, 2.75) is 121 Å². The molecule has 19 heteroatoms. The van der Waals surface area contributed by atoms with Crippen LogP contribution in [0.1, 0.15) is 89.5 Å². The number of aromatic hydroxyl groups is 2. The molecule has 2 aromatic heterocycles. The van der Waals surface area contributed by atoms with Crippen molar-refractivity contribution in [3.05, 3.63) is 98.2 Å². The third kappa shape index (κ3) is 41.9. The maximum absolute atomic E-state index is 10.8. The van der Waals surface area contributed by atoms with Gasteiger partial charge in [0.1, 0.15) is 6.04 Å². The van der Waals surface area contributed by atoms with Crippen LogP contribution in [-0.2, 0) is 66.4 Å². The number of aliphatic carboxylic acids is 2. The Bertz CT molecular complexity index is 1630. The molecule has 326 valence electrons. The van der Waals surface area contributed by atoms with Crippen LogP contribution in [0, 0.1) is 22.2 Å². The minimum Gasteiger partial charge on any atom is -0.777 e. The Morgan fingerprint density at radius 1 is 0.729 bits per heavy atom. The van der Waals surface area contributed by atoms with Gasteiger partial charge in [-0.3, -0.25) is 24.0 Å². The van der Waals surface area contributed by atoms with Gasteiger partial charge in [-0.1, -0.05) is 95.6 Å². The molecule has 4 atom stereocenters. The molecule has 1 aliphatic rings. The number of carboxylic acids is 2. The number of ketones is 1. The predicted octanol–water partition coefficient (Wildman–Crippen LogP) is 6.70. The summed E-state index contributed by atoms with van der Waals surface area (Å²) in [6.45, 7) is 26.1. The van der Waals surface area contributed by atoms with Gasteiger partial charge in [0.25, 0.3) is 5.97 Å². The number of carbonyl (C=O) groups excluding carboxylic acids is 1. The summed E-state index contributed by atoms with van der Waals surface area (Å²) in [5.41, 5.74) is 20.0. The van der Waals surface area contributed by atoms with Gasteiger partial charge in [-0.05, 0) is 46.3 Å². The second kappa shape index (κ2) is 30.1. The van der Waals surface area contributed by atoms with Gasteiger partial charge in [0.2, 0.25) is 16.6 Å². The fourth-order valence-electron chi connectivity index (χ4n) is 3.01. The molecule has 0 amide bonds. The standard InChI is InChI=1S/C9H10N2O3.C8H10N2O4.C8H9N2O4.3C5H12.2Zn/c10-6(9(11)14)3-5-1-2-7(12)8(13)4-5;2*9-5(8(13)14)3-10-2-1-6(11)7(12)4-10;3*1-5(2,3)4;;/h1-2,4-6,10H,3H2,(H2-,11,13,14);1-2,4-5,12H,3,9H2,(H,13,14);1-2,4-5,9,12H,3H2,(H,13,14);3*1-4H3;;/q-2;;-1;;;;;+2. The third-order valence-electron chi connectivity index (χ3n) is 5.27. The molecule has 0 saturated heterocycles. The zero-order chi connectivity index (χ0) is 45.6. The SMILES string of the molecule is CC(C)(C)C.CC(C)(C)C.CC(C)(C)C.NC(Cn1ccc(=O)c(O)c1)C(=O)O.[N-]=C(O)C([NH-])CC1C=CC(=O)C(O)=C1.[NH-]C(Cn1ccc(=O)c(O)c1)C(=O)O.[Zn+2].[Zn]. The van der Waals surface area contributed by atoms with Gasteiger partial charge < -0.3 is 62.4 Å². The summed E-state index contributed by atoms with van der Waals surface area (Å²) in [6.07, 6.45) is 9.09. The molecule has 4 unspecified atom stereocenters. The first-order valence-electron chi connectivity index (χ1n) is 17.8. The molecule has 3 rings (SSSR count). The number of aliphatic hydroxyl groups excluding tert-OH is 2. The van der Waals surface area contributed by atoms with Gasteiger partial charge in [0.15, 0.2) is 17.3 Å². The van der Waals surface area contributed by atoms with Crippen molar-refractivity contribution in [1.29, 1.82) is 0 Å². The molecule has 2 heterocycles. The number of hydrogen-bond donors (Lipinski definition) is 7. The van der Waals surface area contributed by atoms with Gasteiger partial charge >= 0.3 is 25.4 Å². The Balaban J connectivity index is -0.000000208. The first kappa shape index (κ1) is 64.1. The summed E-state index contributed by atoms with van der Waals surface area (Å²) in [7, 11) is 0. The molecule has 10 N–H and O–H groups in total. The normalized spacial score (nSPS) is 14.4. The van der Waals surface area contributed by atoms with E-state index in [1.807, 2.05) is 0 Å². The van der Waals surface area contributed by atoms with Crippen molar-refractivity contribution in [3.63, 3.8) is 0 Å². The van der Waals surface area contributed by atoms with Gasteiger partial charge in [-0.25, -0.2) is 0 Å². The monoisotopic (exact) mass is 933 g/mol. The molecular weight excluding hydrogens is 871 g/mol. The fraction of sp³-hybridized carbons (Fsp3) is 0.550. The van der Waals surface area contributed by atoms with E-state index in [0.717, 1.165) is 24.5 Å². The Labute approximate surface area is 373 Å². The molecule has 0 aromatic carbocycles. The van der Waals surface area contributed by atoms with E-state index in [9.17, 15) is 24.0 Å². The second-order valence-corrected chi connectivity index (χ2v) is 17.7. The number of nitrogens with two attached hydrogens (primary N) is 1. The molecule has 59 heavy (non-hydrogen) atoms. The van der Waals surface area contributed by atoms with E-state index in [-0.39, 0.29) is 70.1 Å². The second-order valence-electron chi connectivity index (χ2n) is 17.7. The van der Waals surface area contributed by atoms with Gasteiger partial charge in [0.05, 0.1) is 0 Å². The molecule has 0 saturated carbocycles. The molecule has 0 radical (unpaired) electrons. The zero-order valence-electron chi connectivity index (χ0n) is 36.7. The first-order valence-corrected chi connectivity index (χ1v) is 17.8. The summed E-state index contributed by atoms with van der Waals surface area (Å²) in [4.78, 5) is 53.1. The number of carboxylic acid groups (broad SMARTS) is 2. The van der Waals surface area contributed by atoms with Gasteiger partial charge in [0, 0.05) is 69.5 Å². The minimum absolute atomic E-state index is 0. The van der Waals surface area contributed by atoms with Crippen LogP contribution in [0.15, 0.2) is 70.5 Å². The molecule has 0 aliphatic heterocycles. The fourth-order valence-corrected chi connectivity index (χ4v) is 3.01. The number of nitrogens with one attached hydrogen (secondary N) is 2. The average Bonchev–Trinajstić information content (AvgIpc) is 3.00. The van der Waals surface area contributed by atoms with Crippen molar-refractivity contribution in [2.24, 2.45) is 27.9 Å². The molecule has 2 aromatic rings. The Morgan fingerprint density at radius 3 is 1.37 bits per heavy atom. The predicted molar refractivity (Wildman–Crippen MR) is 224 cm³/mol. The van der Waals surface area contributed by atoms with Crippen LogP contribution in [0.25, 0.3) is 16.9 Å². The van der Waals surface area contributed by atoms with Crippen molar-refractivity contribution in [2.75, 3.05) is 0 Å². The summed E-state index contributed by atoms with van der Waals surface area (Å²) in [5.74, 6) is -5.36. The number of pyridine rings is 2. The number of carbonyl (C=O) groups is 3. The first-order chi connectivity index (χ1) is 25.5. The maximum Gasteiger partial charge on any atom is 2.00 e. The average molecular weight is 937 g/mol. The summed E-state index contributed by atoms with van der Waals surface area (Å²) < 4.78 is 2.62. The number of allylic oxidation sites excluding steroid dienone is 3. The quantitative estimate of drug-likeness (QED) is 0.0785. The van der Waals surface area contributed by atoms with E-state index >= 15 is 0 Å². The van der Waals surface area contributed by atoms with Crippen molar-refractivity contribution in [1.82, 2.24) is 9.13 Å². The van der Waals surface area contributed by atoms with E-state index < -0.39 is 64.1 Å². The number of aliphatic hydroxyl groups is 2. The van der Waals surface area contributed by atoms with Crippen molar-refractivity contribution >= 4 is 23.6 Å². The van der Waals surface area contributed by atoms with Crippen LogP contribution in [0.2, 0.25) is 0 Å². The van der Waals surface area contributed by atoms with Crippen LogP contribution in [0.5, 0.6) is 11.5 Å². The van der Waals surface area contributed by atoms with E-state index in [2.05, 4.69) is 83.1 Å². The van der Waals surface area contributed by atoms with Crippen molar-refractivity contribution < 1.29 is 84.0 Å². The molecular formula is C40H65N6O11Zn2-. The molecule has 0 fully saturated rings. The molecule has 0 bridgehead atoms. The molecule has 17 nitrogen and oxygen atoms in total. The van der Waals surface area contributed by atoms with Gasteiger partial charge in [-0.15, -0.1) is 6.04 Å². The van der Waals surface area contributed by atoms with E-state index in [1.54, 1.807) is 0 Å². The number of nitrogens with zero attached hydrogens (tertiary/aromatic N) is 3. The van der Waals surface area contributed by atoms with Crippen LogP contribution in [0.4, 0.5) is 0 Å². The minimum atomic E-state index is -1.31. The number of hydrogen-bond acceptors (Lipinski definition) is 9. The van der Waals surface area contributed by atoms with Crippen LogP contribution < -0.4 is 16.6 Å². The van der Waals surface area contributed by atoms with Crippen LogP contribution in [-0.4, -0.2) is 81.5 Å². The zero-order valence-corrected chi connectivity index (χ0v) is 42.6. The molecule has 0 spiro atoms. The van der Waals surface area contributed by atoms with Gasteiger partial charge in [-0.2, -0.15) is 0 Å².